The molecule has 4 aliphatic rings. The number of hydrogen-bond donors (Lipinski definition) is 1. The van der Waals surface area contributed by atoms with Crippen molar-refractivity contribution in [1.82, 2.24) is 0 Å². The van der Waals surface area contributed by atoms with Crippen molar-refractivity contribution in [3.05, 3.63) is 58.1 Å². The second-order valence-electron chi connectivity index (χ2n) is 9.67. The molecule has 1 aliphatic heterocycles. The van der Waals surface area contributed by atoms with Crippen molar-refractivity contribution in [3.8, 4) is 17.2 Å². The van der Waals surface area contributed by atoms with Crippen LogP contribution in [0.1, 0.15) is 42.9 Å². The number of hydrogen-bond acceptors (Lipinski definition) is 5. The molecule has 0 aromatic heterocycles. The summed E-state index contributed by atoms with van der Waals surface area (Å²) in [5, 5.41) is 9.95. The summed E-state index contributed by atoms with van der Waals surface area (Å²) in [5.74, 6) is 1.65. The average Bonchev–Trinajstić information content (AvgIpc) is 3.35. The monoisotopic (exact) mass is 444 g/mol. The van der Waals surface area contributed by atoms with Gasteiger partial charge in [-0.3, -0.25) is 4.99 Å². The summed E-state index contributed by atoms with van der Waals surface area (Å²) in [6.07, 6.45) is 4.50. The lowest BCUT2D eigenvalue weighted by Crippen LogP contribution is -2.41. The van der Waals surface area contributed by atoms with Crippen molar-refractivity contribution in [3.63, 3.8) is 0 Å². The maximum Gasteiger partial charge on any atom is 0.184 e. The van der Waals surface area contributed by atoms with Crippen molar-refractivity contribution < 1.29 is 4.74 Å². The first-order valence-electron chi connectivity index (χ1n) is 11.2. The maximum atomic E-state index is 9.39. The van der Waals surface area contributed by atoms with Gasteiger partial charge in [0.15, 0.2) is 5.66 Å². The van der Waals surface area contributed by atoms with Crippen LogP contribution in [-0.4, -0.2) is 24.8 Å². The highest BCUT2D eigenvalue weighted by Crippen LogP contribution is 2.78. The van der Waals surface area contributed by atoms with Crippen LogP contribution in [-0.2, 0) is 16.8 Å². The quantitative estimate of drug-likeness (QED) is 0.718. The van der Waals surface area contributed by atoms with Gasteiger partial charge in [0.1, 0.15) is 5.84 Å². The highest BCUT2D eigenvalue weighted by molar-refractivity contribution is 6.41. The van der Waals surface area contributed by atoms with Crippen LogP contribution >= 0.6 is 11.6 Å². The van der Waals surface area contributed by atoms with Gasteiger partial charge in [-0.25, -0.2) is 4.99 Å². The Bertz CT molecular complexity index is 1240. The molecule has 0 saturated heterocycles. The lowest BCUT2D eigenvalue weighted by atomic mass is 9.69. The number of fused-ring (bicyclic) bond motifs is 3. The second-order valence-corrected chi connectivity index (χ2v) is 10.1. The van der Waals surface area contributed by atoms with E-state index in [2.05, 4.69) is 24.3 Å². The van der Waals surface area contributed by atoms with E-state index in [1.54, 1.807) is 6.07 Å². The highest BCUT2D eigenvalue weighted by Gasteiger charge is 2.78. The van der Waals surface area contributed by atoms with E-state index in [9.17, 15) is 5.26 Å². The molecule has 6 heteroatoms. The van der Waals surface area contributed by atoms with Crippen molar-refractivity contribution in [1.29, 1.82) is 5.26 Å². The number of ether oxygens (including phenoxy) is 1. The second kappa shape index (κ2) is 6.66. The zero-order chi connectivity index (χ0) is 22.3. The molecule has 162 valence electrons. The number of methoxy groups -OCH3 is 1. The zero-order valence-corrected chi connectivity index (χ0v) is 19.0. The Hall–Kier alpha value is -2.68. The molecule has 2 unspecified atom stereocenters. The van der Waals surface area contributed by atoms with Gasteiger partial charge in [-0.05, 0) is 85.4 Å². The molecule has 5 atom stereocenters. The van der Waals surface area contributed by atoms with Gasteiger partial charge in [0, 0.05) is 23.1 Å². The standard InChI is InChI=1S/C26H25ClN4O/c1-14-24(29)31-26(30-14)21-10-16(18-7-15(13-28)8-19(27)9-18)3-4-17(21)11-22-23-12-20(32-2)5-6-25(22,23)26/h3-4,7-10,20,22-23H,5-6,11-12H2,1-2H3,(H2,29,31)/t20-,22?,23?,25+,26+/m0/s1. The van der Waals surface area contributed by atoms with Crippen LogP contribution in [0.15, 0.2) is 46.4 Å². The number of nitriles is 1. The Morgan fingerprint density at radius 1 is 1.16 bits per heavy atom. The molecule has 32 heavy (non-hydrogen) atoms. The van der Waals surface area contributed by atoms with Crippen LogP contribution in [0.3, 0.4) is 0 Å². The molecule has 0 bridgehead atoms. The first-order valence-corrected chi connectivity index (χ1v) is 11.6. The van der Waals surface area contributed by atoms with Gasteiger partial charge in [0.05, 0.1) is 23.4 Å². The largest absolute Gasteiger partial charge is 0.382 e. The highest BCUT2D eigenvalue weighted by atomic mass is 35.5. The van der Waals surface area contributed by atoms with Gasteiger partial charge in [0.2, 0.25) is 0 Å². The lowest BCUT2D eigenvalue weighted by molar-refractivity contribution is 0.0370. The molecule has 6 rings (SSSR count). The molecule has 2 aromatic rings. The normalized spacial score (nSPS) is 34.1. The number of nitrogens with zero attached hydrogens (tertiary/aromatic N) is 3. The molecule has 1 heterocycles. The minimum atomic E-state index is -0.657. The van der Waals surface area contributed by atoms with Crippen molar-refractivity contribution in [2.24, 2.45) is 33.0 Å². The molecule has 2 aromatic carbocycles. The van der Waals surface area contributed by atoms with Crippen LogP contribution in [0, 0.1) is 28.6 Å². The summed E-state index contributed by atoms with van der Waals surface area (Å²) in [7, 11) is 1.82. The summed E-state index contributed by atoms with van der Waals surface area (Å²) in [5.41, 5.74) is 11.5. The van der Waals surface area contributed by atoms with Crippen molar-refractivity contribution in [2.45, 2.75) is 44.4 Å². The Morgan fingerprint density at radius 2 is 2.00 bits per heavy atom. The van der Waals surface area contributed by atoms with Crippen molar-refractivity contribution >= 4 is 23.1 Å². The van der Waals surface area contributed by atoms with E-state index in [4.69, 9.17) is 32.1 Å². The minimum Gasteiger partial charge on any atom is -0.382 e. The number of amidine groups is 1. The smallest absolute Gasteiger partial charge is 0.184 e. The SMILES string of the molecule is CO[C@H]1CC[C@]23C(Cc4ccc(-c5cc(Cl)cc(C#N)c5)cc4[C@]24N=C(C)C(N)=N4)C3C1. The van der Waals surface area contributed by atoms with Gasteiger partial charge in [-0.1, -0.05) is 23.7 Å². The summed E-state index contributed by atoms with van der Waals surface area (Å²) >= 11 is 6.31. The number of benzene rings is 2. The third-order valence-electron chi connectivity index (χ3n) is 8.35. The summed E-state index contributed by atoms with van der Waals surface area (Å²) in [6, 6.07) is 14.2. The van der Waals surface area contributed by atoms with E-state index >= 15 is 0 Å². The Labute approximate surface area is 193 Å². The van der Waals surface area contributed by atoms with Crippen molar-refractivity contribution in [2.75, 3.05) is 7.11 Å². The van der Waals surface area contributed by atoms with Gasteiger partial charge >= 0.3 is 0 Å². The van der Waals surface area contributed by atoms with E-state index in [0.717, 1.165) is 48.1 Å². The number of aliphatic imine (C=N–C) groups is 2. The van der Waals surface area contributed by atoms with Crippen LogP contribution in [0.25, 0.3) is 11.1 Å². The Morgan fingerprint density at radius 3 is 2.72 bits per heavy atom. The van der Waals surface area contributed by atoms with E-state index in [0.29, 0.717) is 34.4 Å². The average molecular weight is 445 g/mol. The summed E-state index contributed by atoms with van der Waals surface area (Å²) in [6.45, 7) is 1.96. The van der Waals surface area contributed by atoms with Gasteiger partial charge in [-0.15, -0.1) is 0 Å². The van der Waals surface area contributed by atoms with Crippen LogP contribution in [0.2, 0.25) is 5.02 Å². The van der Waals surface area contributed by atoms with Gasteiger partial charge in [0.25, 0.3) is 0 Å². The predicted molar refractivity (Wildman–Crippen MR) is 126 cm³/mol. The maximum absolute atomic E-state index is 9.39. The molecule has 2 N–H and O–H groups in total. The molecule has 0 radical (unpaired) electrons. The molecule has 5 nitrogen and oxygen atoms in total. The minimum absolute atomic E-state index is 0.0161. The van der Waals surface area contributed by atoms with Crippen LogP contribution < -0.4 is 5.73 Å². The topological polar surface area (TPSA) is 83.8 Å². The van der Waals surface area contributed by atoms with E-state index in [-0.39, 0.29) is 5.41 Å². The summed E-state index contributed by atoms with van der Waals surface area (Å²) < 4.78 is 5.74. The molecule has 2 spiro atoms. The zero-order valence-electron chi connectivity index (χ0n) is 18.2. The number of rotatable bonds is 2. The summed E-state index contributed by atoms with van der Waals surface area (Å²) in [4.78, 5) is 10.3. The lowest BCUT2D eigenvalue weighted by Gasteiger charge is -2.42. The van der Waals surface area contributed by atoms with E-state index in [1.165, 1.54) is 5.56 Å². The number of nitrogens with two attached hydrogens (primary N) is 1. The third kappa shape index (κ3) is 2.48. The third-order valence-corrected chi connectivity index (χ3v) is 8.57. The van der Waals surface area contributed by atoms with Gasteiger partial charge < -0.3 is 10.5 Å². The molecular weight excluding hydrogens is 420 g/mol. The fourth-order valence-corrected chi connectivity index (χ4v) is 7.09. The first-order chi connectivity index (χ1) is 15.4. The fourth-order valence-electron chi connectivity index (χ4n) is 6.86. The molecular formula is C26H25ClN4O. The van der Waals surface area contributed by atoms with Crippen LogP contribution in [0.4, 0.5) is 0 Å². The fraction of sp³-hybridized carbons (Fsp3) is 0.423. The van der Waals surface area contributed by atoms with Crippen LogP contribution in [0.5, 0.6) is 0 Å². The molecule has 2 fully saturated rings. The molecule has 3 aliphatic carbocycles. The molecule has 2 saturated carbocycles. The Balaban J connectivity index is 1.53. The predicted octanol–water partition coefficient (Wildman–Crippen LogP) is 4.85. The number of halogens is 1. The first kappa shape index (κ1) is 20.0. The van der Waals surface area contributed by atoms with E-state index in [1.807, 2.05) is 26.2 Å². The van der Waals surface area contributed by atoms with E-state index < -0.39 is 5.66 Å². The van der Waals surface area contributed by atoms with Gasteiger partial charge in [-0.2, -0.15) is 5.26 Å². The molecule has 0 amide bonds. The Kier molecular flexibility index (Phi) is 4.16.